The number of benzene rings is 1. The lowest BCUT2D eigenvalue weighted by Crippen LogP contribution is -2.25. The molecule has 88 valence electrons. The van der Waals surface area contributed by atoms with Crippen molar-refractivity contribution in [1.82, 2.24) is 0 Å². The molecule has 4 heteroatoms. The molecule has 0 amide bonds. The fourth-order valence-corrected chi connectivity index (χ4v) is 1.69. The lowest BCUT2D eigenvalue weighted by Gasteiger charge is -2.26. The van der Waals surface area contributed by atoms with E-state index in [0.717, 1.165) is 0 Å². The van der Waals surface area contributed by atoms with Crippen LogP contribution in [0.1, 0.15) is 19.4 Å². The fraction of sp³-hybridized carbons (Fsp3) is 0.500. The first-order chi connectivity index (χ1) is 7.56. The van der Waals surface area contributed by atoms with Gasteiger partial charge < -0.3 is 14.6 Å². The van der Waals surface area contributed by atoms with E-state index in [4.69, 9.17) is 9.47 Å². The van der Waals surface area contributed by atoms with Crippen molar-refractivity contribution in [2.75, 3.05) is 19.8 Å². The Morgan fingerprint density at radius 1 is 1.31 bits per heavy atom. The molecule has 0 fully saturated rings. The molecule has 0 aromatic heterocycles. The maximum absolute atomic E-state index is 14.1. The SMILES string of the molecule is CC(C)(CO)c1ccc2c(c1F)OCCO2. The van der Waals surface area contributed by atoms with Crippen molar-refractivity contribution >= 4 is 0 Å². The minimum absolute atomic E-state index is 0.121. The van der Waals surface area contributed by atoms with E-state index in [0.29, 0.717) is 24.5 Å². The van der Waals surface area contributed by atoms with Gasteiger partial charge in [0.1, 0.15) is 13.2 Å². The van der Waals surface area contributed by atoms with Crippen LogP contribution >= 0.6 is 0 Å². The van der Waals surface area contributed by atoms with Gasteiger partial charge in [-0.2, -0.15) is 0 Å². The largest absolute Gasteiger partial charge is 0.486 e. The van der Waals surface area contributed by atoms with Crippen LogP contribution in [0.25, 0.3) is 0 Å². The zero-order chi connectivity index (χ0) is 11.8. The lowest BCUT2D eigenvalue weighted by molar-refractivity contribution is 0.161. The highest BCUT2D eigenvalue weighted by Gasteiger charge is 2.28. The molecule has 1 aliphatic rings. The smallest absolute Gasteiger partial charge is 0.197 e. The van der Waals surface area contributed by atoms with Gasteiger partial charge in [-0.3, -0.25) is 0 Å². The van der Waals surface area contributed by atoms with Gasteiger partial charge in [0.05, 0.1) is 6.61 Å². The van der Waals surface area contributed by atoms with E-state index in [1.165, 1.54) is 0 Å². The minimum atomic E-state index is -0.625. The second-order valence-corrected chi connectivity index (χ2v) is 4.49. The molecule has 1 aliphatic heterocycles. The Hall–Kier alpha value is -1.29. The first-order valence-corrected chi connectivity index (χ1v) is 5.26. The van der Waals surface area contributed by atoms with Crippen LogP contribution in [0.4, 0.5) is 4.39 Å². The van der Waals surface area contributed by atoms with E-state index in [2.05, 4.69) is 0 Å². The molecule has 1 heterocycles. The van der Waals surface area contributed by atoms with Gasteiger partial charge in [-0.15, -0.1) is 0 Å². The van der Waals surface area contributed by atoms with Crippen molar-refractivity contribution in [3.63, 3.8) is 0 Å². The monoisotopic (exact) mass is 226 g/mol. The van der Waals surface area contributed by atoms with E-state index in [1.54, 1.807) is 26.0 Å². The van der Waals surface area contributed by atoms with E-state index in [9.17, 15) is 9.50 Å². The average molecular weight is 226 g/mol. The molecular formula is C12H15FO3. The summed E-state index contributed by atoms with van der Waals surface area (Å²) in [5, 5.41) is 9.24. The van der Waals surface area contributed by atoms with Crippen molar-refractivity contribution in [3.05, 3.63) is 23.5 Å². The second kappa shape index (κ2) is 3.94. The number of aliphatic hydroxyl groups is 1. The molecule has 0 spiro atoms. The van der Waals surface area contributed by atoms with Gasteiger partial charge in [0.15, 0.2) is 17.3 Å². The zero-order valence-corrected chi connectivity index (χ0v) is 9.42. The van der Waals surface area contributed by atoms with Crippen molar-refractivity contribution in [2.24, 2.45) is 0 Å². The second-order valence-electron chi connectivity index (χ2n) is 4.49. The third-order valence-corrected chi connectivity index (χ3v) is 2.77. The van der Waals surface area contributed by atoms with Crippen LogP contribution in [-0.2, 0) is 5.41 Å². The Morgan fingerprint density at radius 3 is 2.69 bits per heavy atom. The van der Waals surface area contributed by atoms with Gasteiger partial charge in [0.2, 0.25) is 0 Å². The van der Waals surface area contributed by atoms with Crippen LogP contribution in [0.3, 0.4) is 0 Å². The van der Waals surface area contributed by atoms with Crippen LogP contribution in [0.15, 0.2) is 12.1 Å². The molecule has 16 heavy (non-hydrogen) atoms. The topological polar surface area (TPSA) is 38.7 Å². The normalized spacial score (nSPS) is 15.0. The Kier molecular flexibility index (Phi) is 2.76. The molecule has 0 saturated heterocycles. The molecular weight excluding hydrogens is 211 g/mol. The van der Waals surface area contributed by atoms with Crippen molar-refractivity contribution in [3.8, 4) is 11.5 Å². The lowest BCUT2D eigenvalue weighted by atomic mass is 9.85. The number of halogens is 1. The van der Waals surface area contributed by atoms with Crippen molar-refractivity contribution in [1.29, 1.82) is 0 Å². The van der Waals surface area contributed by atoms with Crippen LogP contribution in [0.5, 0.6) is 11.5 Å². The van der Waals surface area contributed by atoms with Crippen LogP contribution in [0.2, 0.25) is 0 Å². The first-order valence-electron chi connectivity index (χ1n) is 5.26. The van der Waals surface area contributed by atoms with Crippen LogP contribution in [-0.4, -0.2) is 24.9 Å². The van der Waals surface area contributed by atoms with Gasteiger partial charge in [0.25, 0.3) is 0 Å². The summed E-state index contributed by atoms with van der Waals surface area (Å²) in [5.74, 6) is 0.155. The molecule has 1 N–H and O–H groups in total. The number of hydrogen-bond donors (Lipinski definition) is 1. The van der Waals surface area contributed by atoms with Gasteiger partial charge >= 0.3 is 0 Å². The summed E-state index contributed by atoms with van der Waals surface area (Å²) < 4.78 is 24.7. The predicted octanol–water partition coefficient (Wildman–Crippen LogP) is 1.87. The Morgan fingerprint density at radius 2 is 2.00 bits per heavy atom. The molecule has 0 saturated carbocycles. The van der Waals surface area contributed by atoms with E-state index in [1.807, 2.05) is 0 Å². The molecule has 1 aromatic rings. The molecule has 0 unspecified atom stereocenters. The number of aliphatic hydroxyl groups excluding tert-OH is 1. The molecule has 0 aliphatic carbocycles. The van der Waals surface area contributed by atoms with Gasteiger partial charge in [0, 0.05) is 5.41 Å². The number of hydrogen-bond acceptors (Lipinski definition) is 3. The average Bonchev–Trinajstić information content (AvgIpc) is 2.29. The molecule has 0 atom stereocenters. The quantitative estimate of drug-likeness (QED) is 0.836. The highest BCUT2D eigenvalue weighted by Crippen LogP contribution is 2.38. The molecule has 1 aromatic carbocycles. The number of ether oxygens (including phenoxy) is 2. The van der Waals surface area contributed by atoms with Crippen molar-refractivity contribution in [2.45, 2.75) is 19.3 Å². The third-order valence-electron chi connectivity index (χ3n) is 2.77. The first kappa shape index (κ1) is 11.2. The molecule has 0 bridgehead atoms. The van der Waals surface area contributed by atoms with E-state index < -0.39 is 11.2 Å². The van der Waals surface area contributed by atoms with Crippen molar-refractivity contribution < 1.29 is 19.0 Å². The fourth-order valence-electron chi connectivity index (χ4n) is 1.69. The summed E-state index contributed by atoms with van der Waals surface area (Å²) in [4.78, 5) is 0. The summed E-state index contributed by atoms with van der Waals surface area (Å²) in [6.07, 6.45) is 0. The standard InChI is InChI=1S/C12H15FO3/c1-12(2,7-14)8-3-4-9-11(10(8)13)16-6-5-15-9/h3-4,14H,5-7H2,1-2H3. The summed E-state index contributed by atoms with van der Waals surface area (Å²) in [7, 11) is 0. The summed E-state index contributed by atoms with van der Waals surface area (Å²) in [6, 6.07) is 3.32. The van der Waals surface area contributed by atoms with Gasteiger partial charge in [-0.05, 0) is 11.6 Å². The number of rotatable bonds is 2. The summed E-state index contributed by atoms with van der Waals surface area (Å²) in [6.45, 7) is 4.23. The Labute approximate surface area is 93.8 Å². The molecule has 3 nitrogen and oxygen atoms in total. The van der Waals surface area contributed by atoms with E-state index in [-0.39, 0.29) is 12.4 Å². The zero-order valence-electron chi connectivity index (χ0n) is 9.42. The Balaban J connectivity index is 2.50. The third kappa shape index (κ3) is 1.73. The number of fused-ring (bicyclic) bond motifs is 1. The highest BCUT2D eigenvalue weighted by atomic mass is 19.1. The summed E-state index contributed by atoms with van der Waals surface area (Å²) in [5.41, 5.74) is -0.181. The van der Waals surface area contributed by atoms with Crippen LogP contribution in [0, 0.1) is 5.82 Å². The van der Waals surface area contributed by atoms with E-state index >= 15 is 0 Å². The van der Waals surface area contributed by atoms with Crippen LogP contribution < -0.4 is 9.47 Å². The Bertz CT molecular complexity index is 401. The minimum Gasteiger partial charge on any atom is -0.486 e. The summed E-state index contributed by atoms with van der Waals surface area (Å²) >= 11 is 0. The maximum Gasteiger partial charge on any atom is 0.197 e. The molecule has 0 radical (unpaired) electrons. The van der Waals surface area contributed by atoms with Gasteiger partial charge in [-0.1, -0.05) is 19.9 Å². The highest BCUT2D eigenvalue weighted by molar-refractivity contribution is 5.47. The molecule has 2 rings (SSSR count). The maximum atomic E-state index is 14.1. The predicted molar refractivity (Wildman–Crippen MR) is 57.5 cm³/mol. The van der Waals surface area contributed by atoms with Gasteiger partial charge in [-0.25, -0.2) is 4.39 Å².